The van der Waals surface area contributed by atoms with Gasteiger partial charge in [0.25, 0.3) is 5.91 Å². The lowest BCUT2D eigenvalue weighted by atomic mass is 10.2. The Morgan fingerprint density at radius 1 is 0.844 bits per heavy atom. The highest BCUT2D eigenvalue weighted by atomic mass is 19.1. The Hall–Kier alpha value is -4.45. The average molecular weight is 424 g/mol. The number of nitrogens with zero attached hydrogens (tertiary/aromatic N) is 1. The number of aliphatic imine (C=N–C) groups is 1. The Labute approximate surface area is 183 Å². The van der Waals surface area contributed by atoms with Crippen LogP contribution in [0.3, 0.4) is 0 Å². The maximum Gasteiger partial charge on any atom is 0.275 e. The standard InChI is InChI=1S/C26H17FN2O3/c27-19-8-5-7-18(16-19)23-12-13-24(32-23)25-28-22(26(30)29-25)15-17-6-4-11-21(14-17)31-20-9-2-1-3-10-20/h1-16H,(H,28,29,30)/b22-15-. The predicted molar refractivity (Wildman–Crippen MR) is 120 cm³/mol. The van der Waals surface area contributed by atoms with Crippen LogP contribution in [0.2, 0.25) is 0 Å². The van der Waals surface area contributed by atoms with Gasteiger partial charge in [-0.2, -0.15) is 0 Å². The van der Waals surface area contributed by atoms with Crippen molar-refractivity contribution in [2.24, 2.45) is 4.99 Å². The molecule has 1 aliphatic heterocycles. The molecule has 156 valence electrons. The number of nitrogens with one attached hydrogen (secondary N) is 1. The Morgan fingerprint density at radius 3 is 2.47 bits per heavy atom. The van der Waals surface area contributed by atoms with E-state index < -0.39 is 0 Å². The van der Waals surface area contributed by atoms with Crippen molar-refractivity contribution in [1.82, 2.24) is 5.32 Å². The molecule has 0 aliphatic carbocycles. The zero-order chi connectivity index (χ0) is 21.9. The molecule has 0 bridgehead atoms. The number of ether oxygens (including phenoxy) is 1. The van der Waals surface area contributed by atoms with Crippen LogP contribution < -0.4 is 10.1 Å². The Bertz CT molecular complexity index is 1360. The summed E-state index contributed by atoms with van der Waals surface area (Å²) >= 11 is 0. The van der Waals surface area contributed by atoms with E-state index in [-0.39, 0.29) is 17.4 Å². The molecule has 32 heavy (non-hydrogen) atoms. The molecule has 1 aromatic heterocycles. The number of amidine groups is 1. The second kappa shape index (κ2) is 8.35. The number of amides is 1. The molecule has 5 rings (SSSR count). The van der Waals surface area contributed by atoms with Gasteiger partial charge in [0, 0.05) is 5.56 Å². The molecule has 6 heteroatoms. The van der Waals surface area contributed by atoms with Gasteiger partial charge in [-0.3, -0.25) is 4.79 Å². The third-order valence-corrected chi connectivity index (χ3v) is 4.79. The second-order valence-corrected chi connectivity index (χ2v) is 7.11. The van der Waals surface area contributed by atoms with Gasteiger partial charge >= 0.3 is 0 Å². The molecular weight excluding hydrogens is 407 g/mol. The Kier molecular flexibility index (Phi) is 5.09. The molecule has 4 aromatic rings. The van der Waals surface area contributed by atoms with E-state index in [4.69, 9.17) is 9.15 Å². The van der Waals surface area contributed by atoms with Gasteiger partial charge in [0.2, 0.25) is 0 Å². The van der Waals surface area contributed by atoms with E-state index in [1.54, 1.807) is 30.3 Å². The third kappa shape index (κ3) is 4.20. The number of rotatable bonds is 5. The van der Waals surface area contributed by atoms with Crippen LogP contribution in [0.4, 0.5) is 4.39 Å². The van der Waals surface area contributed by atoms with Crippen LogP contribution in [0.1, 0.15) is 11.3 Å². The first-order valence-electron chi connectivity index (χ1n) is 9.95. The van der Waals surface area contributed by atoms with Gasteiger partial charge in [0.1, 0.15) is 28.8 Å². The topological polar surface area (TPSA) is 63.8 Å². The van der Waals surface area contributed by atoms with Crippen LogP contribution in [0, 0.1) is 5.82 Å². The summed E-state index contributed by atoms with van der Waals surface area (Å²) in [4.78, 5) is 16.8. The summed E-state index contributed by atoms with van der Waals surface area (Å²) in [6, 6.07) is 26.3. The minimum absolute atomic E-state index is 0.251. The molecule has 0 radical (unpaired) electrons. The highest BCUT2D eigenvalue weighted by molar-refractivity contribution is 6.19. The van der Waals surface area contributed by atoms with E-state index in [2.05, 4.69) is 10.3 Å². The van der Waals surface area contributed by atoms with Gasteiger partial charge in [-0.05, 0) is 60.2 Å². The summed E-state index contributed by atoms with van der Waals surface area (Å²) in [6.45, 7) is 0. The van der Waals surface area contributed by atoms with E-state index in [1.807, 2.05) is 54.6 Å². The van der Waals surface area contributed by atoms with Crippen molar-refractivity contribution in [3.63, 3.8) is 0 Å². The number of furan rings is 1. The molecule has 1 amide bonds. The summed E-state index contributed by atoms with van der Waals surface area (Å²) in [5, 5.41) is 2.71. The normalized spacial score (nSPS) is 14.3. The first-order valence-corrected chi connectivity index (χ1v) is 9.95. The van der Waals surface area contributed by atoms with Crippen molar-refractivity contribution in [2.45, 2.75) is 0 Å². The van der Waals surface area contributed by atoms with E-state index in [0.29, 0.717) is 28.7 Å². The lowest BCUT2D eigenvalue weighted by Gasteiger charge is -2.06. The molecule has 0 atom stereocenters. The average Bonchev–Trinajstić information content (AvgIpc) is 3.42. The first kappa shape index (κ1) is 19.5. The quantitative estimate of drug-likeness (QED) is 0.412. The van der Waals surface area contributed by atoms with Gasteiger partial charge in [0.05, 0.1) is 0 Å². The third-order valence-electron chi connectivity index (χ3n) is 4.79. The smallest absolute Gasteiger partial charge is 0.275 e. The summed E-state index contributed by atoms with van der Waals surface area (Å²) in [5.41, 5.74) is 1.63. The summed E-state index contributed by atoms with van der Waals surface area (Å²) in [7, 11) is 0. The molecule has 0 spiro atoms. The molecule has 5 nitrogen and oxygen atoms in total. The zero-order valence-electron chi connectivity index (χ0n) is 16.8. The van der Waals surface area contributed by atoms with E-state index in [0.717, 1.165) is 11.3 Å². The number of para-hydroxylation sites is 1. The fraction of sp³-hybridized carbons (Fsp3) is 0. The van der Waals surface area contributed by atoms with Gasteiger partial charge in [-0.25, -0.2) is 9.38 Å². The van der Waals surface area contributed by atoms with E-state index >= 15 is 0 Å². The van der Waals surface area contributed by atoms with Crippen LogP contribution in [0.15, 0.2) is 106 Å². The van der Waals surface area contributed by atoms with Gasteiger partial charge in [-0.15, -0.1) is 0 Å². The predicted octanol–water partition coefficient (Wildman–Crippen LogP) is 5.80. The van der Waals surface area contributed by atoms with Crippen LogP contribution in [-0.2, 0) is 4.79 Å². The highest BCUT2D eigenvalue weighted by Crippen LogP contribution is 2.26. The van der Waals surface area contributed by atoms with E-state index in [9.17, 15) is 9.18 Å². The van der Waals surface area contributed by atoms with Crippen molar-refractivity contribution in [2.75, 3.05) is 0 Å². The molecule has 2 heterocycles. The molecule has 1 aliphatic rings. The number of hydrogen-bond acceptors (Lipinski definition) is 4. The minimum Gasteiger partial charge on any atom is -0.457 e. The molecular formula is C26H17FN2O3. The maximum atomic E-state index is 13.5. The summed E-state index contributed by atoms with van der Waals surface area (Å²) < 4.78 is 25.1. The molecule has 3 aromatic carbocycles. The number of carbonyl (C=O) groups is 1. The maximum absolute atomic E-state index is 13.5. The number of halogens is 1. The Balaban J connectivity index is 1.38. The van der Waals surface area contributed by atoms with Crippen molar-refractivity contribution < 1.29 is 18.3 Å². The number of hydrogen-bond donors (Lipinski definition) is 1. The fourth-order valence-corrected chi connectivity index (χ4v) is 3.30. The molecule has 0 saturated heterocycles. The molecule has 1 N–H and O–H groups in total. The number of benzene rings is 3. The van der Waals surface area contributed by atoms with Crippen molar-refractivity contribution in [1.29, 1.82) is 0 Å². The van der Waals surface area contributed by atoms with E-state index in [1.165, 1.54) is 12.1 Å². The SMILES string of the molecule is O=C1NC(c2ccc(-c3cccc(F)c3)o2)=N/C1=C\c1cccc(Oc2ccccc2)c1. The van der Waals surface area contributed by atoms with Gasteiger partial charge in [0.15, 0.2) is 11.6 Å². The van der Waals surface area contributed by atoms with Crippen LogP contribution in [0.5, 0.6) is 11.5 Å². The fourth-order valence-electron chi connectivity index (χ4n) is 3.30. The first-order chi connectivity index (χ1) is 15.6. The zero-order valence-corrected chi connectivity index (χ0v) is 16.8. The Morgan fingerprint density at radius 2 is 1.62 bits per heavy atom. The van der Waals surface area contributed by atoms with Crippen LogP contribution >= 0.6 is 0 Å². The molecule has 0 unspecified atom stereocenters. The lowest BCUT2D eigenvalue weighted by molar-refractivity contribution is -0.115. The van der Waals surface area contributed by atoms with Crippen LogP contribution in [-0.4, -0.2) is 11.7 Å². The molecule has 0 fully saturated rings. The van der Waals surface area contributed by atoms with Gasteiger partial charge in [-0.1, -0.05) is 42.5 Å². The van der Waals surface area contributed by atoms with Crippen LogP contribution in [0.25, 0.3) is 17.4 Å². The van der Waals surface area contributed by atoms with Crippen molar-refractivity contribution in [3.05, 3.63) is 114 Å². The highest BCUT2D eigenvalue weighted by Gasteiger charge is 2.23. The number of carbonyl (C=O) groups excluding carboxylic acids is 1. The van der Waals surface area contributed by atoms with Crippen molar-refractivity contribution in [3.8, 4) is 22.8 Å². The second-order valence-electron chi connectivity index (χ2n) is 7.11. The minimum atomic E-state index is -0.351. The summed E-state index contributed by atoms with van der Waals surface area (Å²) in [6.07, 6.45) is 1.68. The lowest BCUT2D eigenvalue weighted by Crippen LogP contribution is -2.24. The monoisotopic (exact) mass is 424 g/mol. The molecule has 0 saturated carbocycles. The van der Waals surface area contributed by atoms with Gasteiger partial charge < -0.3 is 14.5 Å². The van der Waals surface area contributed by atoms with Crippen molar-refractivity contribution >= 4 is 17.8 Å². The largest absolute Gasteiger partial charge is 0.457 e. The summed E-state index contributed by atoms with van der Waals surface area (Å²) in [5.74, 6) is 1.87.